The van der Waals surface area contributed by atoms with Crippen molar-refractivity contribution in [1.29, 1.82) is 0 Å². The molecule has 2 rings (SSSR count). The highest BCUT2D eigenvalue weighted by molar-refractivity contribution is 5.19. The van der Waals surface area contributed by atoms with E-state index < -0.39 is 0 Å². The minimum atomic E-state index is 0.203. The van der Waals surface area contributed by atoms with Gasteiger partial charge in [-0.25, -0.2) is 0 Å². The molecule has 20 heavy (non-hydrogen) atoms. The van der Waals surface area contributed by atoms with Crippen LogP contribution >= 0.6 is 0 Å². The van der Waals surface area contributed by atoms with Crippen LogP contribution in [0, 0.1) is 0 Å². The first-order valence-corrected chi connectivity index (χ1v) is 6.93. The van der Waals surface area contributed by atoms with E-state index in [-0.39, 0.29) is 6.04 Å². The van der Waals surface area contributed by atoms with Crippen LogP contribution in [0.2, 0.25) is 0 Å². The van der Waals surface area contributed by atoms with Gasteiger partial charge in [-0.3, -0.25) is 0 Å². The summed E-state index contributed by atoms with van der Waals surface area (Å²) < 4.78 is 5.34. The molecular formula is C15H22N4O. The van der Waals surface area contributed by atoms with Gasteiger partial charge in [0.1, 0.15) is 0 Å². The van der Waals surface area contributed by atoms with Crippen molar-refractivity contribution in [3.8, 4) is 0 Å². The molecule has 5 heteroatoms. The molecule has 1 heterocycles. The zero-order chi connectivity index (χ0) is 14.4. The Hall–Kier alpha value is -1.72. The Morgan fingerprint density at radius 1 is 1.25 bits per heavy atom. The van der Waals surface area contributed by atoms with E-state index in [1.54, 1.807) is 0 Å². The predicted octanol–water partition coefficient (Wildman–Crippen LogP) is 2.02. The molecule has 5 nitrogen and oxygen atoms in total. The van der Waals surface area contributed by atoms with Crippen molar-refractivity contribution in [3.05, 3.63) is 47.6 Å². The van der Waals surface area contributed by atoms with Gasteiger partial charge in [-0.2, -0.15) is 4.98 Å². The highest BCUT2D eigenvalue weighted by Crippen LogP contribution is 2.17. The first-order chi connectivity index (χ1) is 9.69. The third-order valence-corrected chi connectivity index (χ3v) is 3.00. The normalized spacial score (nSPS) is 12.8. The average molecular weight is 274 g/mol. The Morgan fingerprint density at radius 2 is 2.00 bits per heavy atom. The zero-order valence-electron chi connectivity index (χ0n) is 12.3. The fraction of sp³-hybridized carbons (Fsp3) is 0.467. The van der Waals surface area contributed by atoms with Gasteiger partial charge >= 0.3 is 0 Å². The van der Waals surface area contributed by atoms with E-state index in [9.17, 15) is 0 Å². The minimum Gasteiger partial charge on any atom is -0.339 e. The summed E-state index contributed by atoms with van der Waals surface area (Å²) in [5.41, 5.74) is 1.24. The molecule has 0 aliphatic carbocycles. The molecule has 0 saturated carbocycles. The van der Waals surface area contributed by atoms with Crippen molar-refractivity contribution in [3.63, 3.8) is 0 Å². The zero-order valence-corrected chi connectivity index (χ0v) is 12.3. The predicted molar refractivity (Wildman–Crippen MR) is 78.3 cm³/mol. The molecule has 1 unspecified atom stereocenters. The fourth-order valence-corrected chi connectivity index (χ4v) is 2.13. The van der Waals surface area contributed by atoms with Crippen LogP contribution in [-0.2, 0) is 13.0 Å². The summed E-state index contributed by atoms with van der Waals surface area (Å²) in [5, 5.41) is 7.47. The van der Waals surface area contributed by atoms with Gasteiger partial charge in [-0.15, -0.1) is 0 Å². The molecule has 0 saturated heterocycles. The number of nitrogens with one attached hydrogen (secondary N) is 1. The van der Waals surface area contributed by atoms with Crippen LogP contribution in [0.3, 0.4) is 0 Å². The number of nitrogens with zero attached hydrogens (tertiary/aromatic N) is 3. The number of benzene rings is 1. The summed E-state index contributed by atoms with van der Waals surface area (Å²) in [6, 6.07) is 10.5. The van der Waals surface area contributed by atoms with E-state index in [1.807, 2.05) is 37.2 Å². The topological polar surface area (TPSA) is 54.2 Å². The van der Waals surface area contributed by atoms with Gasteiger partial charge in [0, 0.05) is 12.5 Å². The summed E-state index contributed by atoms with van der Waals surface area (Å²) in [7, 11) is 3.98. The molecule has 0 aliphatic heterocycles. The molecule has 1 aromatic heterocycles. The largest absolute Gasteiger partial charge is 0.339 e. The maximum absolute atomic E-state index is 5.34. The first kappa shape index (κ1) is 14.7. The highest BCUT2D eigenvalue weighted by atomic mass is 16.5. The Morgan fingerprint density at radius 3 is 2.65 bits per heavy atom. The Bertz CT molecular complexity index is 510. The lowest BCUT2D eigenvalue weighted by Crippen LogP contribution is -2.23. The van der Waals surface area contributed by atoms with Crippen LogP contribution in [0.25, 0.3) is 0 Å². The molecular weight excluding hydrogens is 252 g/mol. The summed E-state index contributed by atoms with van der Waals surface area (Å²) in [4.78, 5) is 6.46. The first-order valence-electron chi connectivity index (χ1n) is 6.93. The summed E-state index contributed by atoms with van der Waals surface area (Å²) >= 11 is 0. The monoisotopic (exact) mass is 274 g/mol. The summed E-state index contributed by atoms with van der Waals surface area (Å²) in [5.74, 6) is 1.41. The van der Waals surface area contributed by atoms with E-state index in [0.717, 1.165) is 12.4 Å². The number of hydrogen-bond donors (Lipinski definition) is 1. The quantitative estimate of drug-likeness (QED) is 0.837. The SMILES string of the molecule is CCNC(Cc1nc(CN(C)C)no1)c1ccccc1. The molecule has 0 aliphatic rings. The Labute approximate surface area is 120 Å². The Balaban J connectivity index is 2.06. The molecule has 0 spiro atoms. The van der Waals surface area contributed by atoms with Crippen LogP contribution in [0.15, 0.2) is 34.9 Å². The van der Waals surface area contributed by atoms with Crippen molar-refractivity contribution >= 4 is 0 Å². The van der Waals surface area contributed by atoms with Crippen LogP contribution in [0.4, 0.5) is 0 Å². The minimum absolute atomic E-state index is 0.203. The van der Waals surface area contributed by atoms with Gasteiger partial charge in [0.25, 0.3) is 0 Å². The molecule has 1 atom stereocenters. The van der Waals surface area contributed by atoms with Crippen LogP contribution in [0.5, 0.6) is 0 Å². The van der Waals surface area contributed by atoms with Crippen LogP contribution in [-0.4, -0.2) is 35.7 Å². The van der Waals surface area contributed by atoms with Crippen LogP contribution in [0.1, 0.15) is 30.2 Å². The van der Waals surface area contributed by atoms with Crippen LogP contribution < -0.4 is 5.32 Å². The average Bonchev–Trinajstić information content (AvgIpc) is 2.86. The third-order valence-electron chi connectivity index (χ3n) is 3.00. The second-order valence-corrected chi connectivity index (χ2v) is 5.07. The van der Waals surface area contributed by atoms with Crippen molar-refractivity contribution in [2.45, 2.75) is 25.9 Å². The second kappa shape index (κ2) is 7.17. The molecule has 108 valence electrons. The van der Waals surface area contributed by atoms with Gasteiger partial charge in [0.2, 0.25) is 5.89 Å². The number of rotatable bonds is 7. The molecule has 0 amide bonds. The molecule has 2 aromatic rings. The maximum atomic E-state index is 5.34. The lowest BCUT2D eigenvalue weighted by atomic mass is 10.0. The molecule has 1 N–H and O–H groups in total. The van der Waals surface area contributed by atoms with Crippen molar-refractivity contribution in [2.75, 3.05) is 20.6 Å². The van der Waals surface area contributed by atoms with Gasteiger partial charge < -0.3 is 14.7 Å². The van der Waals surface area contributed by atoms with E-state index in [2.05, 4.69) is 34.5 Å². The standard InChI is InChI=1S/C15H22N4O/c1-4-16-13(12-8-6-5-7-9-12)10-15-17-14(18-20-15)11-19(2)3/h5-9,13,16H,4,10-11H2,1-3H3. The third kappa shape index (κ3) is 4.15. The van der Waals surface area contributed by atoms with Gasteiger partial charge in [-0.05, 0) is 26.2 Å². The molecule has 0 bridgehead atoms. The Kier molecular flexibility index (Phi) is 5.26. The molecule has 0 fully saturated rings. The van der Waals surface area contributed by atoms with Gasteiger partial charge in [0.05, 0.1) is 6.54 Å². The van der Waals surface area contributed by atoms with Crippen molar-refractivity contribution in [1.82, 2.24) is 20.4 Å². The van der Waals surface area contributed by atoms with Gasteiger partial charge in [0.15, 0.2) is 5.82 Å². The lowest BCUT2D eigenvalue weighted by molar-refractivity contribution is 0.340. The lowest BCUT2D eigenvalue weighted by Gasteiger charge is -2.16. The number of aromatic nitrogens is 2. The van der Waals surface area contributed by atoms with E-state index in [1.165, 1.54) is 5.56 Å². The summed E-state index contributed by atoms with van der Waals surface area (Å²) in [6.45, 7) is 3.69. The number of hydrogen-bond acceptors (Lipinski definition) is 5. The molecule has 0 radical (unpaired) electrons. The van der Waals surface area contributed by atoms with E-state index in [4.69, 9.17) is 4.52 Å². The number of likely N-dealkylation sites (N-methyl/N-ethyl adjacent to an activating group) is 1. The smallest absolute Gasteiger partial charge is 0.228 e. The second-order valence-electron chi connectivity index (χ2n) is 5.07. The van der Waals surface area contributed by atoms with Gasteiger partial charge in [-0.1, -0.05) is 42.4 Å². The maximum Gasteiger partial charge on any atom is 0.228 e. The van der Waals surface area contributed by atoms with Crippen molar-refractivity contribution < 1.29 is 4.52 Å². The van der Waals surface area contributed by atoms with E-state index >= 15 is 0 Å². The van der Waals surface area contributed by atoms with E-state index in [0.29, 0.717) is 18.9 Å². The summed E-state index contributed by atoms with van der Waals surface area (Å²) in [6.07, 6.45) is 0.707. The fourth-order valence-electron chi connectivity index (χ4n) is 2.13. The highest BCUT2D eigenvalue weighted by Gasteiger charge is 2.15. The van der Waals surface area contributed by atoms with Crippen molar-refractivity contribution in [2.24, 2.45) is 0 Å². The molecule has 1 aromatic carbocycles.